The van der Waals surface area contributed by atoms with Gasteiger partial charge in [0, 0.05) is 5.56 Å². The van der Waals surface area contributed by atoms with Gasteiger partial charge < -0.3 is 4.74 Å². The number of carbonyl (C=O) groups excluding carboxylic acids is 2. The van der Waals surface area contributed by atoms with Gasteiger partial charge in [-0.05, 0) is 27.7 Å². The molecule has 21 heavy (non-hydrogen) atoms. The van der Waals surface area contributed by atoms with E-state index in [4.69, 9.17) is 27.9 Å². The van der Waals surface area contributed by atoms with E-state index in [1.165, 1.54) is 6.92 Å². The predicted octanol–water partition coefficient (Wildman–Crippen LogP) is 3.98. The highest BCUT2D eigenvalue weighted by atomic mass is 35.5. The normalized spacial score (nSPS) is 18.0. The molecule has 1 aliphatic heterocycles. The van der Waals surface area contributed by atoms with Crippen LogP contribution in [0.5, 0.6) is 0 Å². The van der Waals surface area contributed by atoms with Crippen molar-refractivity contribution < 1.29 is 18.7 Å². The second-order valence-corrected chi connectivity index (χ2v) is 6.34. The number of halogens is 3. The van der Waals surface area contributed by atoms with Gasteiger partial charge in [0.2, 0.25) is 0 Å². The molecule has 8 heteroatoms. The fraction of sp³-hybridized carbons (Fsp3) is 0.462. The summed E-state index contributed by atoms with van der Waals surface area (Å²) in [6.07, 6.45) is -0.872. The van der Waals surface area contributed by atoms with Gasteiger partial charge in [0.05, 0.1) is 11.6 Å². The second-order valence-electron chi connectivity index (χ2n) is 5.63. The van der Waals surface area contributed by atoms with E-state index < -0.39 is 34.6 Å². The molecule has 1 aromatic heterocycles. The Morgan fingerprint density at radius 1 is 1.33 bits per heavy atom. The molecule has 1 atom stereocenters. The lowest BCUT2D eigenvalue weighted by atomic mass is 10.1. The van der Waals surface area contributed by atoms with Gasteiger partial charge in [0.25, 0.3) is 5.91 Å². The van der Waals surface area contributed by atoms with Crippen molar-refractivity contribution >= 4 is 35.2 Å². The standard InChI is InChI=1S/C13H13Cl2FN2O3/c1-5-6-7(9(14)17-10(15)8(6)16)11(19)18(5)12(20)21-13(2,3)4/h5H,1-4H3. The number of ether oxygens (including phenoxy) is 1. The largest absolute Gasteiger partial charge is 0.443 e. The first-order valence-electron chi connectivity index (χ1n) is 6.15. The first-order valence-corrected chi connectivity index (χ1v) is 6.91. The summed E-state index contributed by atoms with van der Waals surface area (Å²) >= 11 is 11.5. The number of amides is 2. The molecule has 0 fully saturated rings. The molecule has 0 N–H and O–H groups in total. The third-order valence-electron chi connectivity index (χ3n) is 2.92. The summed E-state index contributed by atoms with van der Waals surface area (Å²) < 4.78 is 19.2. The molecule has 0 bridgehead atoms. The zero-order chi connectivity index (χ0) is 16.1. The lowest BCUT2D eigenvalue weighted by molar-refractivity contribution is 0.0202. The van der Waals surface area contributed by atoms with Gasteiger partial charge in [0.1, 0.15) is 10.8 Å². The number of rotatable bonds is 0. The number of aromatic nitrogens is 1. The van der Waals surface area contributed by atoms with E-state index in [0.717, 1.165) is 4.90 Å². The molecular formula is C13H13Cl2FN2O3. The fourth-order valence-electron chi connectivity index (χ4n) is 2.10. The highest BCUT2D eigenvalue weighted by Crippen LogP contribution is 2.40. The molecule has 0 saturated carbocycles. The van der Waals surface area contributed by atoms with Crippen molar-refractivity contribution in [2.75, 3.05) is 0 Å². The molecule has 0 saturated heterocycles. The van der Waals surface area contributed by atoms with E-state index in [1.54, 1.807) is 20.8 Å². The molecule has 0 aromatic carbocycles. The van der Waals surface area contributed by atoms with Gasteiger partial charge >= 0.3 is 6.09 Å². The molecular weight excluding hydrogens is 322 g/mol. The van der Waals surface area contributed by atoms with Crippen LogP contribution in [0.15, 0.2) is 0 Å². The molecule has 1 unspecified atom stereocenters. The molecule has 5 nitrogen and oxygen atoms in total. The topological polar surface area (TPSA) is 59.5 Å². The van der Waals surface area contributed by atoms with E-state index in [9.17, 15) is 14.0 Å². The van der Waals surface area contributed by atoms with E-state index in [1.807, 2.05) is 0 Å². The Morgan fingerprint density at radius 3 is 2.43 bits per heavy atom. The number of hydrogen-bond donors (Lipinski definition) is 0. The van der Waals surface area contributed by atoms with Crippen LogP contribution < -0.4 is 0 Å². The molecule has 1 aromatic rings. The zero-order valence-corrected chi connectivity index (χ0v) is 13.3. The summed E-state index contributed by atoms with van der Waals surface area (Å²) in [5, 5.41) is -0.677. The third kappa shape index (κ3) is 2.70. The van der Waals surface area contributed by atoms with E-state index in [-0.39, 0.29) is 16.3 Å². The summed E-state index contributed by atoms with van der Waals surface area (Å²) in [6, 6.07) is -0.875. The molecule has 0 spiro atoms. The van der Waals surface area contributed by atoms with E-state index in [0.29, 0.717) is 0 Å². The van der Waals surface area contributed by atoms with E-state index in [2.05, 4.69) is 4.98 Å². The smallest absolute Gasteiger partial charge is 0.417 e. The molecule has 1 aliphatic rings. The lowest BCUT2D eigenvalue weighted by Crippen LogP contribution is -2.38. The van der Waals surface area contributed by atoms with Crippen LogP contribution in [-0.2, 0) is 4.74 Å². The van der Waals surface area contributed by atoms with Gasteiger partial charge in [-0.1, -0.05) is 23.2 Å². The Morgan fingerprint density at radius 2 is 1.90 bits per heavy atom. The Bertz CT molecular complexity index is 643. The van der Waals surface area contributed by atoms with Crippen LogP contribution in [0.1, 0.15) is 49.7 Å². The Balaban J connectivity index is 2.48. The summed E-state index contributed by atoms with van der Waals surface area (Å²) in [6.45, 7) is 6.48. The van der Waals surface area contributed by atoms with Crippen molar-refractivity contribution in [2.24, 2.45) is 0 Å². The minimum absolute atomic E-state index is 0.0455. The Kier molecular flexibility index (Phi) is 3.88. The van der Waals surface area contributed by atoms with Crippen LogP contribution in [-0.4, -0.2) is 27.5 Å². The quantitative estimate of drug-likeness (QED) is 0.673. The Labute approximate surface area is 131 Å². The summed E-state index contributed by atoms with van der Waals surface area (Å²) in [5.41, 5.74) is -0.989. The number of imide groups is 1. The highest BCUT2D eigenvalue weighted by molar-refractivity contribution is 6.35. The van der Waals surface area contributed by atoms with Gasteiger partial charge in [-0.25, -0.2) is 19.1 Å². The summed E-state index contributed by atoms with van der Waals surface area (Å²) in [7, 11) is 0. The average Bonchev–Trinajstić information content (AvgIpc) is 2.56. The monoisotopic (exact) mass is 334 g/mol. The maximum absolute atomic E-state index is 14.1. The van der Waals surface area contributed by atoms with Crippen molar-refractivity contribution in [3.8, 4) is 0 Å². The summed E-state index contributed by atoms with van der Waals surface area (Å²) in [4.78, 5) is 28.8. The first kappa shape index (κ1) is 16.0. The van der Waals surface area contributed by atoms with Crippen LogP contribution in [0, 0.1) is 5.82 Å². The maximum atomic E-state index is 14.1. The van der Waals surface area contributed by atoms with Crippen molar-refractivity contribution in [1.29, 1.82) is 0 Å². The zero-order valence-electron chi connectivity index (χ0n) is 11.8. The number of fused-ring (bicyclic) bond motifs is 1. The second kappa shape index (κ2) is 5.10. The van der Waals surface area contributed by atoms with Gasteiger partial charge in [-0.15, -0.1) is 0 Å². The number of nitrogens with zero attached hydrogens (tertiary/aromatic N) is 2. The average molecular weight is 335 g/mol. The SMILES string of the molecule is CC1c2c(F)c(Cl)nc(Cl)c2C(=O)N1C(=O)OC(C)(C)C. The summed E-state index contributed by atoms with van der Waals surface area (Å²) in [5.74, 6) is -1.61. The maximum Gasteiger partial charge on any atom is 0.417 e. The molecule has 2 rings (SSSR count). The van der Waals surface area contributed by atoms with Crippen molar-refractivity contribution in [1.82, 2.24) is 9.88 Å². The molecule has 2 amide bonds. The third-order valence-corrected chi connectivity index (χ3v) is 3.44. The molecule has 0 radical (unpaired) electrons. The van der Waals surface area contributed by atoms with Crippen molar-refractivity contribution in [3.05, 3.63) is 27.3 Å². The number of pyridine rings is 1. The Hall–Kier alpha value is -1.40. The lowest BCUT2D eigenvalue weighted by Gasteiger charge is -2.25. The fourth-order valence-corrected chi connectivity index (χ4v) is 2.59. The molecule has 2 heterocycles. The van der Waals surface area contributed by atoms with Gasteiger partial charge in [-0.2, -0.15) is 0 Å². The van der Waals surface area contributed by atoms with Gasteiger partial charge in [0.15, 0.2) is 11.0 Å². The van der Waals surface area contributed by atoms with Crippen LogP contribution in [0.2, 0.25) is 10.3 Å². The van der Waals surface area contributed by atoms with Gasteiger partial charge in [-0.3, -0.25) is 4.79 Å². The molecule has 114 valence electrons. The van der Waals surface area contributed by atoms with Crippen LogP contribution in [0.4, 0.5) is 9.18 Å². The number of hydrogen-bond acceptors (Lipinski definition) is 4. The van der Waals surface area contributed by atoms with E-state index >= 15 is 0 Å². The minimum Gasteiger partial charge on any atom is -0.443 e. The minimum atomic E-state index is -0.875. The van der Waals surface area contributed by atoms with Crippen molar-refractivity contribution in [3.63, 3.8) is 0 Å². The first-order chi connectivity index (χ1) is 9.54. The van der Waals surface area contributed by atoms with Crippen molar-refractivity contribution in [2.45, 2.75) is 39.3 Å². The van der Waals surface area contributed by atoms with Crippen LogP contribution in [0.3, 0.4) is 0 Å². The highest BCUT2D eigenvalue weighted by Gasteiger charge is 2.44. The predicted molar refractivity (Wildman–Crippen MR) is 75.0 cm³/mol. The number of carbonyl (C=O) groups is 2. The molecule has 0 aliphatic carbocycles. The van der Waals surface area contributed by atoms with Crippen LogP contribution in [0.25, 0.3) is 0 Å². The van der Waals surface area contributed by atoms with Crippen LogP contribution >= 0.6 is 23.2 Å².